The Labute approximate surface area is 103 Å². The van der Waals surface area contributed by atoms with E-state index >= 15 is 0 Å². The molecule has 1 heterocycles. The number of rotatable bonds is 2. The Morgan fingerprint density at radius 2 is 1.94 bits per heavy atom. The number of nitrogens with zero attached hydrogens (tertiary/aromatic N) is 1. The maximum atomic E-state index is 5.90. The van der Waals surface area contributed by atoms with Gasteiger partial charge >= 0.3 is 0 Å². The molecular formula is C13H9ClN2O. The molecule has 0 saturated carbocycles. The third-order valence-electron chi connectivity index (χ3n) is 2.37. The van der Waals surface area contributed by atoms with Gasteiger partial charge in [0.1, 0.15) is 5.52 Å². The van der Waals surface area contributed by atoms with E-state index < -0.39 is 0 Å². The van der Waals surface area contributed by atoms with Gasteiger partial charge < -0.3 is 9.73 Å². The van der Waals surface area contributed by atoms with Gasteiger partial charge in [-0.1, -0.05) is 29.8 Å². The number of halogens is 1. The molecule has 0 bridgehead atoms. The molecule has 2 aromatic carbocycles. The van der Waals surface area contributed by atoms with Crippen molar-refractivity contribution >= 4 is 34.4 Å². The van der Waals surface area contributed by atoms with Crippen LogP contribution in [0.25, 0.3) is 11.1 Å². The van der Waals surface area contributed by atoms with Crippen LogP contribution < -0.4 is 5.32 Å². The van der Waals surface area contributed by atoms with Crippen LogP contribution in [0.1, 0.15) is 0 Å². The Morgan fingerprint density at radius 3 is 2.76 bits per heavy atom. The van der Waals surface area contributed by atoms with Crippen LogP contribution in [0, 0.1) is 0 Å². The van der Waals surface area contributed by atoms with Gasteiger partial charge in [0.25, 0.3) is 6.01 Å². The Kier molecular flexibility index (Phi) is 2.46. The van der Waals surface area contributed by atoms with Crippen molar-refractivity contribution in [1.29, 1.82) is 0 Å². The third-order valence-corrected chi connectivity index (χ3v) is 2.60. The molecule has 3 aromatic rings. The normalized spacial score (nSPS) is 10.6. The SMILES string of the molecule is Clc1cccc(Nc2nc3ccccc3o2)c1. The average molecular weight is 245 g/mol. The number of oxazole rings is 1. The zero-order valence-corrected chi connectivity index (χ0v) is 9.61. The number of aromatic nitrogens is 1. The van der Waals surface area contributed by atoms with E-state index in [-0.39, 0.29) is 0 Å². The van der Waals surface area contributed by atoms with Crippen molar-refractivity contribution in [1.82, 2.24) is 4.98 Å². The first-order valence-electron chi connectivity index (χ1n) is 5.19. The Morgan fingerprint density at radius 1 is 1.06 bits per heavy atom. The van der Waals surface area contributed by atoms with Gasteiger partial charge in [0.05, 0.1) is 0 Å². The molecule has 17 heavy (non-hydrogen) atoms. The number of anilines is 2. The first kappa shape index (κ1) is 10.2. The maximum absolute atomic E-state index is 5.90. The van der Waals surface area contributed by atoms with Crippen LogP contribution in [0.15, 0.2) is 52.9 Å². The predicted octanol–water partition coefficient (Wildman–Crippen LogP) is 4.22. The highest BCUT2D eigenvalue weighted by molar-refractivity contribution is 6.30. The minimum Gasteiger partial charge on any atom is -0.423 e. The fourth-order valence-electron chi connectivity index (χ4n) is 1.62. The summed E-state index contributed by atoms with van der Waals surface area (Å²) in [4.78, 5) is 4.32. The predicted molar refractivity (Wildman–Crippen MR) is 68.7 cm³/mol. The molecule has 84 valence electrons. The van der Waals surface area contributed by atoms with Gasteiger partial charge in [-0.15, -0.1) is 0 Å². The van der Waals surface area contributed by atoms with Crippen molar-refractivity contribution in [2.75, 3.05) is 5.32 Å². The largest absolute Gasteiger partial charge is 0.423 e. The standard InChI is InChI=1S/C13H9ClN2O/c14-9-4-3-5-10(8-9)15-13-16-11-6-1-2-7-12(11)17-13/h1-8H,(H,15,16). The Balaban J connectivity index is 1.94. The van der Waals surface area contributed by atoms with E-state index in [2.05, 4.69) is 10.3 Å². The van der Waals surface area contributed by atoms with Crippen LogP contribution in [-0.2, 0) is 0 Å². The Bertz CT molecular complexity index is 630. The van der Waals surface area contributed by atoms with E-state index in [1.165, 1.54) is 0 Å². The summed E-state index contributed by atoms with van der Waals surface area (Å²) in [6.07, 6.45) is 0. The topological polar surface area (TPSA) is 38.1 Å². The van der Waals surface area contributed by atoms with Crippen LogP contribution in [0.5, 0.6) is 0 Å². The molecule has 4 heteroatoms. The van der Waals surface area contributed by atoms with Crippen molar-refractivity contribution in [3.63, 3.8) is 0 Å². The lowest BCUT2D eigenvalue weighted by atomic mass is 10.3. The number of nitrogens with one attached hydrogen (secondary N) is 1. The zero-order chi connectivity index (χ0) is 11.7. The van der Waals surface area contributed by atoms with Crippen LogP contribution in [0.3, 0.4) is 0 Å². The van der Waals surface area contributed by atoms with Crippen molar-refractivity contribution in [2.45, 2.75) is 0 Å². The van der Waals surface area contributed by atoms with Crippen LogP contribution in [-0.4, -0.2) is 4.98 Å². The van der Waals surface area contributed by atoms with Crippen molar-refractivity contribution in [3.05, 3.63) is 53.6 Å². The minimum atomic E-state index is 0.466. The highest BCUT2D eigenvalue weighted by Gasteiger charge is 2.04. The first-order valence-corrected chi connectivity index (χ1v) is 5.57. The second-order valence-corrected chi connectivity index (χ2v) is 4.06. The molecular weight excluding hydrogens is 236 g/mol. The summed E-state index contributed by atoms with van der Waals surface area (Å²) < 4.78 is 5.55. The number of hydrogen-bond donors (Lipinski definition) is 1. The molecule has 0 radical (unpaired) electrons. The van der Waals surface area contributed by atoms with Crippen LogP contribution in [0.2, 0.25) is 5.02 Å². The van der Waals surface area contributed by atoms with Crippen molar-refractivity contribution < 1.29 is 4.42 Å². The fraction of sp³-hybridized carbons (Fsp3) is 0. The minimum absolute atomic E-state index is 0.466. The first-order chi connectivity index (χ1) is 8.31. The quantitative estimate of drug-likeness (QED) is 0.733. The summed E-state index contributed by atoms with van der Waals surface area (Å²) in [6, 6.07) is 15.5. The summed E-state index contributed by atoms with van der Waals surface area (Å²) in [5.41, 5.74) is 2.44. The van der Waals surface area contributed by atoms with E-state index in [1.54, 1.807) is 0 Å². The van der Waals surface area contributed by atoms with Gasteiger partial charge in [-0.2, -0.15) is 4.98 Å². The van der Waals surface area contributed by atoms with E-state index in [9.17, 15) is 0 Å². The molecule has 0 aliphatic carbocycles. The molecule has 0 amide bonds. The molecule has 0 spiro atoms. The van der Waals surface area contributed by atoms with Gasteiger partial charge in [0.2, 0.25) is 0 Å². The molecule has 3 nitrogen and oxygen atoms in total. The lowest BCUT2D eigenvalue weighted by Gasteiger charge is -2.00. The molecule has 1 aromatic heterocycles. The van der Waals surface area contributed by atoms with E-state index in [0.29, 0.717) is 11.0 Å². The summed E-state index contributed by atoms with van der Waals surface area (Å²) in [7, 11) is 0. The fourth-order valence-corrected chi connectivity index (χ4v) is 1.81. The highest BCUT2D eigenvalue weighted by atomic mass is 35.5. The summed E-state index contributed by atoms with van der Waals surface area (Å²) >= 11 is 5.90. The smallest absolute Gasteiger partial charge is 0.300 e. The van der Waals surface area contributed by atoms with E-state index in [1.807, 2.05) is 48.5 Å². The van der Waals surface area contributed by atoms with Gasteiger partial charge in [0.15, 0.2) is 5.58 Å². The van der Waals surface area contributed by atoms with Crippen molar-refractivity contribution in [3.8, 4) is 0 Å². The lowest BCUT2D eigenvalue weighted by molar-refractivity contribution is 0.623. The summed E-state index contributed by atoms with van der Waals surface area (Å²) in [5, 5.41) is 3.74. The van der Waals surface area contributed by atoms with Gasteiger partial charge in [-0.3, -0.25) is 0 Å². The third kappa shape index (κ3) is 2.10. The number of fused-ring (bicyclic) bond motifs is 1. The number of para-hydroxylation sites is 2. The molecule has 0 atom stereocenters. The molecule has 0 unspecified atom stereocenters. The second kappa shape index (κ2) is 4.11. The van der Waals surface area contributed by atoms with Gasteiger partial charge in [-0.25, -0.2) is 0 Å². The van der Waals surface area contributed by atoms with Crippen LogP contribution in [0.4, 0.5) is 11.7 Å². The molecule has 0 aliphatic rings. The van der Waals surface area contributed by atoms with E-state index in [4.69, 9.17) is 16.0 Å². The number of hydrogen-bond acceptors (Lipinski definition) is 3. The van der Waals surface area contributed by atoms with Crippen LogP contribution >= 0.6 is 11.6 Å². The van der Waals surface area contributed by atoms with Gasteiger partial charge in [0, 0.05) is 10.7 Å². The molecule has 0 aliphatic heterocycles. The average Bonchev–Trinajstić information content (AvgIpc) is 2.71. The molecule has 3 rings (SSSR count). The summed E-state index contributed by atoms with van der Waals surface area (Å²) in [6.45, 7) is 0. The van der Waals surface area contributed by atoms with E-state index in [0.717, 1.165) is 16.8 Å². The highest BCUT2D eigenvalue weighted by Crippen LogP contribution is 2.23. The lowest BCUT2D eigenvalue weighted by Crippen LogP contribution is -1.89. The zero-order valence-electron chi connectivity index (χ0n) is 8.85. The second-order valence-electron chi connectivity index (χ2n) is 3.62. The molecule has 0 saturated heterocycles. The Hall–Kier alpha value is -2.00. The van der Waals surface area contributed by atoms with Gasteiger partial charge in [-0.05, 0) is 30.3 Å². The monoisotopic (exact) mass is 244 g/mol. The molecule has 1 N–H and O–H groups in total. The molecule has 0 fully saturated rings. The summed E-state index contributed by atoms with van der Waals surface area (Å²) in [5.74, 6) is 0. The maximum Gasteiger partial charge on any atom is 0.300 e. The van der Waals surface area contributed by atoms with Crippen molar-refractivity contribution in [2.24, 2.45) is 0 Å². The number of benzene rings is 2.